The highest BCUT2D eigenvalue weighted by Gasteiger charge is 1.88. The first kappa shape index (κ1) is 4.99. The average molecular weight is 72.9 g/mol. The van der Waals surface area contributed by atoms with Crippen LogP contribution in [0.3, 0.4) is 0 Å². The number of hydrogen-bond donors (Lipinski definition) is 0. The Morgan fingerprint density at radius 3 is 2.00 bits per heavy atom. The zero-order valence-corrected chi connectivity index (χ0v) is 3.53. The summed E-state index contributed by atoms with van der Waals surface area (Å²) in [6.07, 6.45) is -0.741. The summed E-state index contributed by atoms with van der Waals surface area (Å²) in [7, 11) is 1.50. The van der Waals surface area contributed by atoms with Crippen LogP contribution in [0.5, 0.6) is 0 Å². The molecular formula is C3H7BF. The minimum Gasteiger partial charge on any atom is -0.258 e. The molecule has 0 amide bonds. The van der Waals surface area contributed by atoms with E-state index in [0.717, 1.165) is 0 Å². The molecule has 0 spiro atoms. The van der Waals surface area contributed by atoms with E-state index in [9.17, 15) is 4.39 Å². The van der Waals surface area contributed by atoms with Crippen LogP contribution in [0.25, 0.3) is 0 Å². The van der Waals surface area contributed by atoms with Gasteiger partial charge in [-0.05, 0) is 6.92 Å². The van der Waals surface area contributed by atoms with E-state index in [4.69, 9.17) is 0 Å². The molecule has 0 saturated heterocycles. The molecule has 0 N–H and O–H groups in total. The molecule has 0 heterocycles. The zero-order chi connectivity index (χ0) is 4.28. The first-order valence-electron chi connectivity index (χ1n) is 1.71. The molecule has 0 saturated carbocycles. The van der Waals surface area contributed by atoms with Crippen LogP contribution in [0.1, 0.15) is 6.92 Å². The van der Waals surface area contributed by atoms with Crippen molar-refractivity contribution in [2.24, 2.45) is 0 Å². The summed E-state index contributed by atoms with van der Waals surface area (Å²) in [5.41, 5.74) is 0. The molecule has 1 unspecified atom stereocenters. The van der Waals surface area contributed by atoms with Crippen molar-refractivity contribution in [3.05, 3.63) is 0 Å². The van der Waals surface area contributed by atoms with Crippen molar-refractivity contribution in [2.75, 3.05) is 0 Å². The van der Waals surface area contributed by atoms with Crippen molar-refractivity contribution in [1.29, 1.82) is 0 Å². The van der Waals surface area contributed by atoms with Gasteiger partial charge in [0.05, 0.1) is 6.07 Å². The van der Waals surface area contributed by atoms with Crippen LogP contribution < -0.4 is 0 Å². The van der Waals surface area contributed by atoms with Gasteiger partial charge in [0.1, 0.15) is 0 Å². The minimum absolute atomic E-state index is 0.741. The Kier molecular flexibility index (Phi) is 2.24. The Hall–Kier alpha value is -0.00506. The van der Waals surface area contributed by atoms with Crippen molar-refractivity contribution in [2.45, 2.75) is 19.8 Å². The molecule has 1 radical (unpaired) electrons. The van der Waals surface area contributed by atoms with Gasteiger partial charge in [0.25, 0.3) is 0 Å². The number of alkyl halides is 1. The summed E-state index contributed by atoms with van der Waals surface area (Å²) < 4.78 is 11.4. The molecule has 0 aromatic rings. The quantitative estimate of drug-likeness (QED) is 0.407. The van der Waals surface area contributed by atoms with Gasteiger partial charge in [-0.1, -0.05) is 6.82 Å². The lowest BCUT2D eigenvalue weighted by atomic mass is 9.77. The summed E-state index contributed by atoms with van der Waals surface area (Å²) in [4.78, 5) is 0. The molecule has 1 atom stereocenters. The summed E-state index contributed by atoms with van der Waals surface area (Å²) in [5, 5.41) is 0. The van der Waals surface area contributed by atoms with Crippen LogP contribution in [0.15, 0.2) is 0 Å². The fourth-order valence-electron chi connectivity index (χ4n) is 0. The van der Waals surface area contributed by atoms with Gasteiger partial charge in [-0.25, -0.2) is 0 Å². The van der Waals surface area contributed by atoms with Crippen LogP contribution >= 0.6 is 0 Å². The van der Waals surface area contributed by atoms with E-state index in [1.165, 1.54) is 14.2 Å². The topological polar surface area (TPSA) is 0 Å². The summed E-state index contributed by atoms with van der Waals surface area (Å²) in [6.45, 7) is 3.20. The monoisotopic (exact) mass is 73.1 g/mol. The van der Waals surface area contributed by atoms with Crippen LogP contribution in [-0.4, -0.2) is 13.4 Å². The van der Waals surface area contributed by atoms with E-state index >= 15 is 0 Å². The molecule has 5 heavy (non-hydrogen) atoms. The van der Waals surface area contributed by atoms with E-state index < -0.39 is 6.07 Å². The Morgan fingerprint density at radius 2 is 2.00 bits per heavy atom. The lowest BCUT2D eigenvalue weighted by Crippen LogP contribution is -1.97. The largest absolute Gasteiger partial charge is 0.258 e. The fourth-order valence-corrected chi connectivity index (χ4v) is 0. The molecule has 0 aromatic carbocycles. The third-order valence-corrected chi connectivity index (χ3v) is 0.459. The second-order valence-corrected chi connectivity index (χ2v) is 1.01. The van der Waals surface area contributed by atoms with Gasteiger partial charge in [0.15, 0.2) is 7.28 Å². The average Bonchev–Trinajstić information content (AvgIpc) is 1.38. The molecule has 0 fully saturated rings. The van der Waals surface area contributed by atoms with Gasteiger partial charge in [-0.15, -0.1) is 0 Å². The van der Waals surface area contributed by atoms with E-state index in [2.05, 4.69) is 0 Å². The first-order valence-corrected chi connectivity index (χ1v) is 1.71. The summed E-state index contributed by atoms with van der Waals surface area (Å²) in [6, 6.07) is 0. The molecule has 0 rings (SSSR count). The predicted molar refractivity (Wildman–Crippen MR) is 22.2 cm³/mol. The van der Waals surface area contributed by atoms with Gasteiger partial charge >= 0.3 is 0 Å². The Labute approximate surface area is 32.6 Å². The molecular weight excluding hydrogens is 65.8 g/mol. The highest BCUT2D eigenvalue weighted by atomic mass is 19.1. The second-order valence-electron chi connectivity index (χ2n) is 1.01. The molecule has 0 aliphatic heterocycles. The number of rotatable bonds is 1. The number of hydrogen-bond acceptors (Lipinski definition) is 0. The summed E-state index contributed by atoms with van der Waals surface area (Å²) >= 11 is 0. The lowest BCUT2D eigenvalue weighted by Gasteiger charge is -1.83. The van der Waals surface area contributed by atoms with Crippen molar-refractivity contribution < 1.29 is 4.39 Å². The fraction of sp³-hybridized carbons (Fsp3) is 1.00. The van der Waals surface area contributed by atoms with Crippen LogP contribution in [-0.2, 0) is 0 Å². The van der Waals surface area contributed by atoms with Gasteiger partial charge in [0, 0.05) is 0 Å². The van der Waals surface area contributed by atoms with E-state index in [1.807, 2.05) is 0 Å². The Balaban J connectivity index is 2.54. The van der Waals surface area contributed by atoms with E-state index in [-0.39, 0.29) is 0 Å². The molecule has 0 aromatic heterocycles. The third kappa shape index (κ3) is 3.99. The molecule has 0 nitrogen and oxygen atoms in total. The normalized spacial score (nSPS) is 14.2. The van der Waals surface area contributed by atoms with E-state index in [1.54, 1.807) is 6.82 Å². The van der Waals surface area contributed by atoms with Gasteiger partial charge < -0.3 is 0 Å². The molecule has 29 valence electrons. The van der Waals surface area contributed by atoms with E-state index in [0.29, 0.717) is 0 Å². The maximum atomic E-state index is 11.4. The molecule has 0 aliphatic rings. The van der Waals surface area contributed by atoms with Crippen molar-refractivity contribution >= 4 is 7.28 Å². The van der Waals surface area contributed by atoms with Crippen molar-refractivity contribution in [3.63, 3.8) is 0 Å². The standard InChI is InChI=1S/C3H7BF/c1-3(5)4-2/h3H,1-2H3. The highest BCUT2D eigenvalue weighted by Crippen LogP contribution is 1.79. The maximum Gasteiger partial charge on any atom is 0.152 e. The van der Waals surface area contributed by atoms with Gasteiger partial charge in [-0.3, -0.25) is 4.39 Å². The second kappa shape index (κ2) is 2.25. The highest BCUT2D eigenvalue weighted by molar-refractivity contribution is 6.34. The van der Waals surface area contributed by atoms with Crippen LogP contribution in [0.2, 0.25) is 6.82 Å². The van der Waals surface area contributed by atoms with Crippen molar-refractivity contribution in [1.82, 2.24) is 0 Å². The lowest BCUT2D eigenvalue weighted by molar-refractivity contribution is 0.469. The van der Waals surface area contributed by atoms with Crippen molar-refractivity contribution in [3.8, 4) is 0 Å². The van der Waals surface area contributed by atoms with Gasteiger partial charge in [0.2, 0.25) is 0 Å². The summed E-state index contributed by atoms with van der Waals surface area (Å²) in [5.74, 6) is 0. The zero-order valence-electron chi connectivity index (χ0n) is 3.53. The van der Waals surface area contributed by atoms with Crippen LogP contribution in [0.4, 0.5) is 4.39 Å². The van der Waals surface area contributed by atoms with Gasteiger partial charge in [-0.2, -0.15) is 0 Å². The maximum absolute atomic E-state index is 11.4. The predicted octanol–water partition coefficient (Wildman–Crippen LogP) is 1.05. The smallest absolute Gasteiger partial charge is 0.152 e. The first-order chi connectivity index (χ1) is 2.27. The molecule has 2 heteroatoms. The third-order valence-electron chi connectivity index (χ3n) is 0.459. The Morgan fingerprint density at radius 1 is 1.80 bits per heavy atom. The minimum atomic E-state index is -0.741. The molecule has 0 aliphatic carbocycles. The Bertz CT molecular complexity index is 20.9. The SMILES string of the molecule is C[B]C(C)F. The molecule has 0 bridgehead atoms. The van der Waals surface area contributed by atoms with Crippen LogP contribution in [0, 0.1) is 0 Å². The number of halogens is 1.